The average molecular weight is 471 g/mol. The van der Waals surface area contributed by atoms with Crippen molar-refractivity contribution >= 4 is 28.9 Å². The summed E-state index contributed by atoms with van der Waals surface area (Å²) in [7, 11) is 2.99. The van der Waals surface area contributed by atoms with Gasteiger partial charge in [-0.1, -0.05) is 6.07 Å². The molecule has 0 fully saturated rings. The Bertz CT molecular complexity index is 1400. The number of hydrogen-bond donors (Lipinski definition) is 3. The maximum Gasteiger partial charge on any atom is 0.254 e. The van der Waals surface area contributed by atoms with Crippen LogP contribution in [0.15, 0.2) is 55.0 Å². The average Bonchev–Trinajstić information content (AvgIpc) is 2.89. The summed E-state index contributed by atoms with van der Waals surface area (Å²) in [6.07, 6.45) is 3.54. The number of carbonyl (C=O) groups excluding carboxylic acids is 1. The fourth-order valence-corrected chi connectivity index (χ4v) is 3.16. The number of amides is 1. The molecule has 0 spiro atoms. The molecule has 0 unspecified atom stereocenters. The number of pyridine rings is 1. The lowest BCUT2D eigenvalue weighted by atomic mass is 10.1. The van der Waals surface area contributed by atoms with E-state index in [1.165, 1.54) is 26.4 Å². The first-order chi connectivity index (χ1) is 17.0. The number of carbonyl (C=O) groups is 1. The van der Waals surface area contributed by atoms with Crippen molar-refractivity contribution in [2.45, 2.75) is 0 Å². The Kier molecular flexibility index (Phi) is 6.68. The predicted molar refractivity (Wildman–Crippen MR) is 125 cm³/mol. The Morgan fingerprint density at radius 2 is 1.80 bits per heavy atom. The highest BCUT2D eigenvalue weighted by atomic mass is 19.1. The van der Waals surface area contributed by atoms with Crippen molar-refractivity contribution in [3.8, 4) is 23.2 Å². The van der Waals surface area contributed by atoms with Crippen LogP contribution in [0.1, 0.15) is 16.1 Å². The van der Waals surface area contributed by atoms with Gasteiger partial charge in [-0.3, -0.25) is 4.79 Å². The van der Waals surface area contributed by atoms with Crippen molar-refractivity contribution in [2.75, 3.05) is 24.8 Å². The first-order valence-corrected chi connectivity index (χ1v) is 10.2. The number of hydrogen-bond acceptors (Lipinski definition) is 10. The molecule has 3 N–H and O–H groups in total. The first kappa shape index (κ1) is 23.0. The minimum Gasteiger partial charge on any atom is -0.494 e. The SMILES string of the molecule is CNC(=O)c1cnc(Nc2ccc(C#N)nn2)cc1Nc1cccc(-c2ncc(F)cn2)c1OC. The number of ether oxygens (including phenoxy) is 1. The molecule has 11 nitrogen and oxygen atoms in total. The quantitative estimate of drug-likeness (QED) is 0.366. The third-order valence-electron chi connectivity index (χ3n) is 4.76. The van der Waals surface area contributed by atoms with Crippen LogP contribution >= 0.6 is 0 Å². The zero-order chi connectivity index (χ0) is 24.8. The zero-order valence-corrected chi connectivity index (χ0v) is 18.6. The van der Waals surface area contributed by atoms with Crippen molar-refractivity contribution in [3.63, 3.8) is 0 Å². The molecule has 174 valence electrons. The summed E-state index contributed by atoms with van der Waals surface area (Å²) < 4.78 is 18.9. The molecular formula is C23H18FN9O2. The normalized spacial score (nSPS) is 10.2. The van der Waals surface area contributed by atoms with E-state index >= 15 is 0 Å². The van der Waals surface area contributed by atoms with Crippen molar-refractivity contribution in [2.24, 2.45) is 0 Å². The number of halogens is 1. The van der Waals surface area contributed by atoms with Gasteiger partial charge in [-0.15, -0.1) is 10.2 Å². The molecule has 0 bridgehead atoms. The molecule has 0 radical (unpaired) electrons. The Morgan fingerprint density at radius 3 is 2.46 bits per heavy atom. The lowest BCUT2D eigenvalue weighted by molar-refractivity contribution is 0.0963. The molecule has 0 aliphatic heterocycles. The highest BCUT2D eigenvalue weighted by Crippen LogP contribution is 2.37. The van der Waals surface area contributed by atoms with Crippen LogP contribution < -0.4 is 20.7 Å². The van der Waals surface area contributed by atoms with E-state index in [1.807, 2.05) is 6.07 Å². The van der Waals surface area contributed by atoms with Crippen LogP contribution in [0.2, 0.25) is 0 Å². The predicted octanol–water partition coefficient (Wildman–Crippen LogP) is 3.19. The first-order valence-electron chi connectivity index (χ1n) is 10.2. The minimum atomic E-state index is -0.555. The van der Waals surface area contributed by atoms with Gasteiger partial charge in [0.2, 0.25) is 0 Å². The van der Waals surface area contributed by atoms with Crippen LogP contribution in [0.4, 0.5) is 27.4 Å². The summed E-state index contributed by atoms with van der Waals surface area (Å²) >= 11 is 0. The summed E-state index contributed by atoms with van der Waals surface area (Å²) in [5.74, 6) is 0.489. The van der Waals surface area contributed by atoms with E-state index in [-0.39, 0.29) is 23.0 Å². The highest BCUT2D eigenvalue weighted by molar-refractivity contribution is 6.00. The molecule has 0 saturated heterocycles. The van der Waals surface area contributed by atoms with E-state index in [1.54, 1.807) is 30.3 Å². The summed E-state index contributed by atoms with van der Waals surface area (Å²) in [5, 5.41) is 25.3. The summed E-state index contributed by atoms with van der Waals surface area (Å²) in [4.78, 5) is 24.8. The monoisotopic (exact) mass is 471 g/mol. The molecule has 0 aliphatic rings. The molecule has 3 aromatic heterocycles. The van der Waals surface area contributed by atoms with Crippen LogP contribution in [0.5, 0.6) is 5.75 Å². The van der Waals surface area contributed by atoms with Crippen LogP contribution in [0.3, 0.4) is 0 Å². The molecule has 4 rings (SSSR count). The topological polar surface area (TPSA) is 151 Å². The van der Waals surface area contributed by atoms with E-state index in [0.29, 0.717) is 34.3 Å². The fraction of sp³-hybridized carbons (Fsp3) is 0.0870. The van der Waals surface area contributed by atoms with Gasteiger partial charge in [0.1, 0.15) is 11.9 Å². The largest absolute Gasteiger partial charge is 0.494 e. The van der Waals surface area contributed by atoms with Crippen LogP contribution in [0, 0.1) is 17.1 Å². The van der Waals surface area contributed by atoms with Crippen LogP contribution in [-0.2, 0) is 0 Å². The Balaban J connectivity index is 1.72. The van der Waals surface area contributed by atoms with Gasteiger partial charge in [0.25, 0.3) is 5.91 Å². The molecule has 0 saturated carbocycles. The van der Waals surface area contributed by atoms with E-state index in [9.17, 15) is 9.18 Å². The number of nitrogens with one attached hydrogen (secondary N) is 3. The lowest BCUT2D eigenvalue weighted by Crippen LogP contribution is -2.19. The van der Waals surface area contributed by atoms with Crippen molar-refractivity contribution in [1.82, 2.24) is 30.5 Å². The summed E-state index contributed by atoms with van der Waals surface area (Å²) in [6.45, 7) is 0. The third-order valence-corrected chi connectivity index (χ3v) is 4.76. The Morgan fingerprint density at radius 1 is 1.00 bits per heavy atom. The number of anilines is 4. The van der Waals surface area contributed by atoms with E-state index in [0.717, 1.165) is 12.4 Å². The van der Waals surface area contributed by atoms with E-state index < -0.39 is 5.82 Å². The minimum absolute atomic E-state index is 0.179. The molecule has 12 heteroatoms. The van der Waals surface area contributed by atoms with E-state index in [2.05, 4.69) is 41.1 Å². The molecule has 1 amide bonds. The molecule has 1 aromatic carbocycles. The second-order valence-corrected chi connectivity index (χ2v) is 6.97. The molecule has 4 aromatic rings. The molecule has 3 heterocycles. The second kappa shape index (κ2) is 10.2. The van der Waals surface area contributed by atoms with Gasteiger partial charge < -0.3 is 20.7 Å². The zero-order valence-electron chi connectivity index (χ0n) is 18.6. The van der Waals surface area contributed by atoms with Crippen molar-refractivity contribution < 1.29 is 13.9 Å². The van der Waals surface area contributed by atoms with Gasteiger partial charge in [-0.2, -0.15) is 5.26 Å². The van der Waals surface area contributed by atoms with Crippen molar-refractivity contribution in [1.29, 1.82) is 5.26 Å². The molecule has 0 atom stereocenters. The second-order valence-electron chi connectivity index (χ2n) is 6.97. The van der Waals surface area contributed by atoms with Gasteiger partial charge >= 0.3 is 0 Å². The summed E-state index contributed by atoms with van der Waals surface area (Å²) in [5.41, 5.74) is 1.91. The number of nitrogens with zero attached hydrogens (tertiary/aromatic N) is 6. The summed E-state index contributed by atoms with van der Waals surface area (Å²) in [6, 6.07) is 11.9. The van der Waals surface area contributed by atoms with Crippen molar-refractivity contribution in [3.05, 3.63) is 72.1 Å². The third kappa shape index (κ3) is 5.09. The Hall–Kier alpha value is -5.18. The number of methoxy groups -OCH3 is 1. The lowest BCUT2D eigenvalue weighted by Gasteiger charge is -2.17. The fourth-order valence-electron chi connectivity index (χ4n) is 3.16. The molecule has 0 aliphatic carbocycles. The van der Waals surface area contributed by atoms with Gasteiger partial charge in [0.15, 0.2) is 28.9 Å². The number of benzene rings is 1. The number of nitriles is 1. The smallest absolute Gasteiger partial charge is 0.254 e. The van der Waals surface area contributed by atoms with Gasteiger partial charge in [0.05, 0.1) is 42.0 Å². The highest BCUT2D eigenvalue weighted by Gasteiger charge is 2.17. The maximum atomic E-state index is 13.3. The molecular weight excluding hydrogens is 453 g/mol. The number of aromatic nitrogens is 5. The number of para-hydroxylation sites is 1. The standard InChI is InChI=1S/C23H18FN9O2/c1-26-23(34)16-12-27-20(31-19-7-6-14(9-25)32-33-19)8-18(16)30-17-5-3-4-15(21(17)35-2)22-28-10-13(24)11-29-22/h3-8,10-12H,1-2H3,(H,26,34)(H2,27,30,31,33). The van der Waals surface area contributed by atoms with Gasteiger partial charge in [-0.25, -0.2) is 19.3 Å². The van der Waals surface area contributed by atoms with Crippen LogP contribution in [-0.4, -0.2) is 45.2 Å². The Labute approximate surface area is 199 Å². The molecule has 35 heavy (non-hydrogen) atoms. The van der Waals surface area contributed by atoms with Gasteiger partial charge in [0, 0.05) is 19.3 Å². The van der Waals surface area contributed by atoms with Crippen LogP contribution in [0.25, 0.3) is 11.4 Å². The number of rotatable bonds is 7. The van der Waals surface area contributed by atoms with Gasteiger partial charge in [-0.05, 0) is 24.3 Å². The van der Waals surface area contributed by atoms with E-state index in [4.69, 9.17) is 10.00 Å². The maximum absolute atomic E-state index is 13.3.